The minimum Gasteiger partial charge on any atom is -0.305 e. The summed E-state index contributed by atoms with van der Waals surface area (Å²) in [5, 5.41) is 13.2. The number of aromatic nitrogens is 2. The molecule has 7 nitrogen and oxygen atoms in total. The summed E-state index contributed by atoms with van der Waals surface area (Å²) in [6, 6.07) is 4.05. The molecule has 1 heterocycles. The molecule has 1 N–H and O–H groups in total. The highest BCUT2D eigenvalue weighted by Crippen LogP contribution is 2.26. The van der Waals surface area contributed by atoms with Gasteiger partial charge >= 0.3 is 0 Å². The van der Waals surface area contributed by atoms with E-state index in [1.54, 1.807) is 6.92 Å². The Labute approximate surface area is 129 Å². The fourth-order valence-electron chi connectivity index (χ4n) is 1.61. The zero-order valence-corrected chi connectivity index (χ0v) is 12.1. The number of nitrogens with one attached hydrogen (secondary N) is 1. The van der Waals surface area contributed by atoms with Crippen LogP contribution in [0.3, 0.4) is 0 Å². The van der Waals surface area contributed by atoms with Crippen LogP contribution in [-0.4, -0.2) is 20.8 Å². The van der Waals surface area contributed by atoms with E-state index in [-0.39, 0.29) is 27.2 Å². The van der Waals surface area contributed by atoms with Gasteiger partial charge in [-0.3, -0.25) is 14.9 Å². The Hall–Kier alpha value is -2.25. The lowest BCUT2D eigenvalue weighted by atomic mass is 10.1. The van der Waals surface area contributed by atoms with Gasteiger partial charge < -0.3 is 5.32 Å². The SMILES string of the molecule is Cc1cc(C(=O)Nc2ncnc(Cl)c2Cl)cc([N+](=O)[O-])c1. The van der Waals surface area contributed by atoms with Crippen LogP contribution >= 0.6 is 23.2 Å². The van der Waals surface area contributed by atoms with Gasteiger partial charge in [-0.2, -0.15) is 0 Å². The second-order valence-corrected chi connectivity index (χ2v) is 4.83. The number of anilines is 1. The van der Waals surface area contributed by atoms with Crippen molar-refractivity contribution in [2.45, 2.75) is 6.92 Å². The van der Waals surface area contributed by atoms with Gasteiger partial charge in [0.05, 0.1) is 4.92 Å². The Kier molecular flexibility index (Phi) is 4.35. The number of rotatable bonds is 3. The van der Waals surface area contributed by atoms with E-state index in [1.165, 1.54) is 18.2 Å². The normalized spacial score (nSPS) is 10.2. The van der Waals surface area contributed by atoms with Crippen molar-refractivity contribution in [1.82, 2.24) is 9.97 Å². The highest BCUT2D eigenvalue weighted by atomic mass is 35.5. The smallest absolute Gasteiger partial charge is 0.270 e. The average Bonchev–Trinajstić information content (AvgIpc) is 2.43. The summed E-state index contributed by atoms with van der Waals surface area (Å²) in [5.41, 5.74) is 0.528. The number of non-ortho nitro benzene ring substituents is 1. The van der Waals surface area contributed by atoms with Crippen LogP contribution in [0.25, 0.3) is 0 Å². The first-order valence-electron chi connectivity index (χ1n) is 5.62. The van der Waals surface area contributed by atoms with Crippen molar-refractivity contribution in [3.8, 4) is 0 Å². The molecule has 1 aromatic heterocycles. The summed E-state index contributed by atoms with van der Waals surface area (Å²) < 4.78 is 0. The molecule has 0 saturated heterocycles. The molecule has 0 atom stereocenters. The summed E-state index contributed by atoms with van der Waals surface area (Å²) in [4.78, 5) is 29.8. The van der Waals surface area contributed by atoms with E-state index >= 15 is 0 Å². The molecule has 0 aliphatic heterocycles. The van der Waals surface area contributed by atoms with Crippen LogP contribution < -0.4 is 5.32 Å². The van der Waals surface area contributed by atoms with Crippen LogP contribution in [0.1, 0.15) is 15.9 Å². The molecular weight excluding hydrogens is 319 g/mol. The fourth-order valence-corrected chi connectivity index (χ4v) is 1.89. The van der Waals surface area contributed by atoms with Crippen molar-refractivity contribution < 1.29 is 9.72 Å². The number of hydrogen-bond acceptors (Lipinski definition) is 5. The van der Waals surface area contributed by atoms with Gasteiger partial charge in [-0.05, 0) is 18.6 Å². The van der Waals surface area contributed by atoms with E-state index in [1.807, 2.05) is 0 Å². The third kappa shape index (κ3) is 3.45. The zero-order chi connectivity index (χ0) is 15.6. The van der Waals surface area contributed by atoms with Gasteiger partial charge in [0, 0.05) is 17.7 Å². The maximum absolute atomic E-state index is 12.1. The number of carbonyl (C=O) groups is 1. The monoisotopic (exact) mass is 326 g/mol. The number of benzene rings is 1. The Balaban J connectivity index is 2.32. The third-order valence-corrected chi connectivity index (χ3v) is 3.26. The Bertz CT molecular complexity index is 736. The number of amides is 1. The lowest BCUT2D eigenvalue weighted by molar-refractivity contribution is -0.384. The van der Waals surface area contributed by atoms with Crippen molar-refractivity contribution in [2.24, 2.45) is 0 Å². The summed E-state index contributed by atoms with van der Waals surface area (Å²) in [6.45, 7) is 1.65. The van der Waals surface area contributed by atoms with Gasteiger partial charge in [-0.15, -0.1) is 0 Å². The van der Waals surface area contributed by atoms with Crippen LogP contribution in [0.15, 0.2) is 24.5 Å². The molecule has 2 rings (SSSR count). The molecule has 21 heavy (non-hydrogen) atoms. The van der Waals surface area contributed by atoms with E-state index in [2.05, 4.69) is 15.3 Å². The third-order valence-electron chi connectivity index (χ3n) is 2.51. The standard InChI is InChI=1S/C12H8Cl2N4O3/c1-6-2-7(4-8(3-6)18(20)21)12(19)17-11-9(13)10(14)15-5-16-11/h2-5H,1H3,(H,15,16,17,19). The molecule has 0 spiro atoms. The van der Waals surface area contributed by atoms with Crippen molar-refractivity contribution in [1.29, 1.82) is 0 Å². The molecule has 2 aromatic rings. The minimum absolute atomic E-state index is 0.00260. The average molecular weight is 327 g/mol. The van der Waals surface area contributed by atoms with Crippen molar-refractivity contribution in [2.75, 3.05) is 5.32 Å². The molecule has 1 amide bonds. The number of nitro groups is 1. The molecule has 0 bridgehead atoms. The first-order chi connectivity index (χ1) is 9.88. The number of nitro benzene ring substituents is 1. The predicted molar refractivity (Wildman–Crippen MR) is 77.8 cm³/mol. The van der Waals surface area contributed by atoms with Gasteiger partial charge in [0.15, 0.2) is 11.0 Å². The first kappa shape index (κ1) is 15.1. The van der Waals surface area contributed by atoms with E-state index < -0.39 is 10.8 Å². The molecule has 0 radical (unpaired) electrons. The molecule has 108 valence electrons. The summed E-state index contributed by atoms with van der Waals surface area (Å²) in [7, 11) is 0. The van der Waals surface area contributed by atoms with E-state index in [9.17, 15) is 14.9 Å². The summed E-state index contributed by atoms with van der Waals surface area (Å²) in [5.74, 6) is -0.552. The van der Waals surface area contributed by atoms with Crippen LogP contribution in [0.4, 0.5) is 11.5 Å². The molecule has 0 aliphatic carbocycles. The molecule has 0 fully saturated rings. The summed E-state index contributed by atoms with van der Waals surface area (Å²) in [6.07, 6.45) is 1.14. The number of aryl methyl sites for hydroxylation is 1. The Morgan fingerprint density at radius 2 is 2.00 bits per heavy atom. The van der Waals surface area contributed by atoms with Gasteiger partial charge in [0.2, 0.25) is 0 Å². The number of halogens is 2. The van der Waals surface area contributed by atoms with Crippen molar-refractivity contribution in [3.63, 3.8) is 0 Å². The van der Waals surface area contributed by atoms with E-state index in [4.69, 9.17) is 23.2 Å². The van der Waals surface area contributed by atoms with Crippen molar-refractivity contribution >= 4 is 40.6 Å². The second kappa shape index (κ2) is 6.02. The second-order valence-electron chi connectivity index (χ2n) is 4.10. The van der Waals surface area contributed by atoms with Crippen molar-refractivity contribution in [3.05, 3.63) is 55.9 Å². The minimum atomic E-state index is -0.585. The molecule has 0 saturated carbocycles. The number of nitrogens with zero attached hydrogens (tertiary/aromatic N) is 3. The topological polar surface area (TPSA) is 98.0 Å². The fraction of sp³-hybridized carbons (Fsp3) is 0.0833. The van der Waals surface area contributed by atoms with E-state index in [0.717, 1.165) is 6.33 Å². The maximum atomic E-state index is 12.1. The Morgan fingerprint density at radius 3 is 2.67 bits per heavy atom. The molecule has 0 unspecified atom stereocenters. The van der Waals surface area contributed by atoms with E-state index in [0.29, 0.717) is 5.56 Å². The van der Waals surface area contributed by atoms with Gasteiger partial charge in [-0.1, -0.05) is 23.2 Å². The Morgan fingerprint density at radius 1 is 1.29 bits per heavy atom. The highest BCUT2D eigenvalue weighted by Gasteiger charge is 2.16. The highest BCUT2D eigenvalue weighted by molar-refractivity contribution is 6.43. The lowest BCUT2D eigenvalue weighted by Gasteiger charge is -2.07. The van der Waals surface area contributed by atoms with Gasteiger partial charge in [0.1, 0.15) is 11.3 Å². The number of hydrogen-bond donors (Lipinski definition) is 1. The maximum Gasteiger partial charge on any atom is 0.270 e. The van der Waals surface area contributed by atoms with Gasteiger partial charge in [0.25, 0.3) is 11.6 Å². The molecule has 1 aromatic carbocycles. The first-order valence-corrected chi connectivity index (χ1v) is 6.37. The number of carbonyl (C=O) groups excluding carboxylic acids is 1. The largest absolute Gasteiger partial charge is 0.305 e. The predicted octanol–water partition coefficient (Wildman–Crippen LogP) is 3.25. The quantitative estimate of drug-likeness (QED) is 0.530. The van der Waals surface area contributed by atoms with Crippen LogP contribution in [0.5, 0.6) is 0 Å². The molecule has 9 heteroatoms. The zero-order valence-electron chi connectivity index (χ0n) is 10.6. The summed E-state index contributed by atoms with van der Waals surface area (Å²) >= 11 is 11.6. The molecule has 0 aliphatic rings. The van der Waals surface area contributed by atoms with Crippen LogP contribution in [0.2, 0.25) is 10.2 Å². The lowest BCUT2D eigenvalue weighted by Crippen LogP contribution is -2.14. The van der Waals surface area contributed by atoms with Crippen LogP contribution in [0, 0.1) is 17.0 Å². The molecular formula is C12H8Cl2N4O3. The van der Waals surface area contributed by atoms with Gasteiger partial charge in [-0.25, -0.2) is 9.97 Å². The van der Waals surface area contributed by atoms with Crippen LogP contribution in [-0.2, 0) is 0 Å².